The molecule has 0 heterocycles. The number of methoxy groups -OCH3 is 1. The van der Waals surface area contributed by atoms with Crippen molar-refractivity contribution in [3.05, 3.63) is 0 Å². The maximum atomic E-state index is 11.5. The summed E-state index contributed by atoms with van der Waals surface area (Å²) in [6.07, 6.45) is 2.82. The SMILES string of the molecule is COCCOC(=O)C1(CN)CCC1. The molecule has 0 radical (unpaired) electrons. The van der Waals surface area contributed by atoms with Crippen molar-refractivity contribution >= 4 is 5.97 Å². The third-order valence-corrected chi connectivity index (χ3v) is 2.66. The Morgan fingerprint density at radius 3 is 2.54 bits per heavy atom. The summed E-state index contributed by atoms with van der Waals surface area (Å²) in [6, 6.07) is 0. The van der Waals surface area contributed by atoms with Gasteiger partial charge in [0, 0.05) is 13.7 Å². The molecule has 0 bridgehead atoms. The third kappa shape index (κ3) is 2.19. The van der Waals surface area contributed by atoms with Gasteiger partial charge in [-0.25, -0.2) is 0 Å². The molecule has 1 rings (SSSR count). The molecule has 1 aliphatic carbocycles. The van der Waals surface area contributed by atoms with Crippen molar-refractivity contribution in [2.75, 3.05) is 26.9 Å². The lowest BCUT2D eigenvalue weighted by Crippen LogP contribution is -2.45. The Morgan fingerprint density at radius 2 is 2.15 bits per heavy atom. The zero-order chi connectivity index (χ0) is 9.73. The number of carbonyl (C=O) groups is 1. The smallest absolute Gasteiger partial charge is 0.313 e. The van der Waals surface area contributed by atoms with E-state index in [1.165, 1.54) is 0 Å². The van der Waals surface area contributed by atoms with Gasteiger partial charge in [-0.3, -0.25) is 4.79 Å². The second-order valence-electron chi connectivity index (χ2n) is 3.47. The summed E-state index contributed by atoms with van der Waals surface area (Å²) in [4.78, 5) is 11.5. The molecule has 1 aliphatic rings. The van der Waals surface area contributed by atoms with Gasteiger partial charge < -0.3 is 15.2 Å². The van der Waals surface area contributed by atoms with Gasteiger partial charge in [0.05, 0.1) is 12.0 Å². The quantitative estimate of drug-likeness (QED) is 0.497. The molecular weight excluding hydrogens is 170 g/mol. The number of hydrogen-bond acceptors (Lipinski definition) is 4. The first-order valence-electron chi connectivity index (χ1n) is 4.61. The van der Waals surface area contributed by atoms with Crippen LogP contribution in [-0.2, 0) is 14.3 Å². The minimum absolute atomic E-state index is 0.154. The standard InChI is InChI=1S/C9H17NO3/c1-12-5-6-13-8(11)9(7-10)3-2-4-9/h2-7,10H2,1H3. The number of ether oxygens (including phenoxy) is 2. The zero-order valence-electron chi connectivity index (χ0n) is 8.04. The van der Waals surface area contributed by atoms with Gasteiger partial charge in [0.25, 0.3) is 0 Å². The molecule has 0 aliphatic heterocycles. The van der Waals surface area contributed by atoms with E-state index in [0.29, 0.717) is 19.8 Å². The highest BCUT2D eigenvalue weighted by molar-refractivity contribution is 5.78. The lowest BCUT2D eigenvalue weighted by atomic mass is 9.69. The Balaban J connectivity index is 2.28. The van der Waals surface area contributed by atoms with Crippen LogP contribution in [0.5, 0.6) is 0 Å². The van der Waals surface area contributed by atoms with Crippen molar-refractivity contribution in [3.8, 4) is 0 Å². The predicted molar refractivity (Wildman–Crippen MR) is 48.2 cm³/mol. The first-order chi connectivity index (χ1) is 6.25. The number of rotatable bonds is 5. The summed E-state index contributed by atoms with van der Waals surface area (Å²) in [5.74, 6) is -0.154. The molecule has 4 nitrogen and oxygen atoms in total. The summed E-state index contributed by atoms with van der Waals surface area (Å²) >= 11 is 0. The van der Waals surface area contributed by atoms with Crippen LogP contribution in [0.3, 0.4) is 0 Å². The van der Waals surface area contributed by atoms with Crippen molar-refractivity contribution < 1.29 is 14.3 Å². The van der Waals surface area contributed by atoms with Crippen LogP contribution in [0.15, 0.2) is 0 Å². The molecule has 2 N–H and O–H groups in total. The van der Waals surface area contributed by atoms with Crippen LogP contribution in [0.1, 0.15) is 19.3 Å². The van der Waals surface area contributed by atoms with E-state index < -0.39 is 0 Å². The van der Waals surface area contributed by atoms with Crippen molar-refractivity contribution in [3.63, 3.8) is 0 Å². The van der Waals surface area contributed by atoms with Crippen LogP contribution in [0.2, 0.25) is 0 Å². The van der Waals surface area contributed by atoms with Crippen LogP contribution >= 0.6 is 0 Å². The molecule has 76 valence electrons. The molecular formula is C9H17NO3. The largest absolute Gasteiger partial charge is 0.463 e. The highest BCUT2D eigenvalue weighted by atomic mass is 16.6. The van der Waals surface area contributed by atoms with Gasteiger partial charge >= 0.3 is 5.97 Å². The monoisotopic (exact) mass is 187 g/mol. The maximum absolute atomic E-state index is 11.5. The molecule has 13 heavy (non-hydrogen) atoms. The first kappa shape index (κ1) is 10.5. The summed E-state index contributed by atoms with van der Waals surface area (Å²) in [6.45, 7) is 1.18. The van der Waals surface area contributed by atoms with Gasteiger partial charge in [-0.2, -0.15) is 0 Å². The van der Waals surface area contributed by atoms with Gasteiger partial charge in [-0.05, 0) is 12.8 Å². The van der Waals surface area contributed by atoms with E-state index in [1.807, 2.05) is 0 Å². The van der Waals surface area contributed by atoms with E-state index in [9.17, 15) is 4.79 Å². The maximum Gasteiger partial charge on any atom is 0.313 e. The van der Waals surface area contributed by atoms with E-state index in [1.54, 1.807) is 7.11 Å². The molecule has 0 saturated heterocycles. The molecule has 1 fully saturated rings. The van der Waals surface area contributed by atoms with Crippen LogP contribution in [0.25, 0.3) is 0 Å². The van der Waals surface area contributed by atoms with Gasteiger partial charge in [-0.15, -0.1) is 0 Å². The number of carbonyl (C=O) groups excluding carboxylic acids is 1. The second kappa shape index (κ2) is 4.58. The molecule has 0 unspecified atom stereocenters. The molecule has 0 aromatic rings. The van der Waals surface area contributed by atoms with Crippen LogP contribution in [-0.4, -0.2) is 32.8 Å². The first-order valence-corrected chi connectivity index (χ1v) is 4.61. The zero-order valence-corrected chi connectivity index (χ0v) is 8.04. The van der Waals surface area contributed by atoms with Gasteiger partial charge in [0.2, 0.25) is 0 Å². The van der Waals surface area contributed by atoms with Gasteiger partial charge in [0.1, 0.15) is 6.61 Å². The Morgan fingerprint density at radius 1 is 1.46 bits per heavy atom. The molecule has 1 saturated carbocycles. The summed E-state index contributed by atoms with van der Waals surface area (Å²) < 4.78 is 9.82. The summed E-state index contributed by atoms with van der Waals surface area (Å²) in [5, 5.41) is 0. The Kier molecular flexibility index (Phi) is 3.69. The van der Waals surface area contributed by atoms with Crippen molar-refractivity contribution in [1.29, 1.82) is 0 Å². The van der Waals surface area contributed by atoms with E-state index in [0.717, 1.165) is 19.3 Å². The fourth-order valence-corrected chi connectivity index (χ4v) is 1.47. The lowest BCUT2D eigenvalue weighted by Gasteiger charge is -2.37. The Labute approximate surface area is 78.4 Å². The summed E-state index contributed by atoms with van der Waals surface area (Å²) in [7, 11) is 1.58. The molecule has 0 aromatic heterocycles. The number of esters is 1. The molecule has 0 amide bonds. The molecule has 4 heteroatoms. The minimum atomic E-state index is -0.367. The average Bonchev–Trinajstić information content (AvgIpc) is 2.04. The highest BCUT2D eigenvalue weighted by Crippen LogP contribution is 2.40. The van der Waals surface area contributed by atoms with E-state index in [-0.39, 0.29) is 11.4 Å². The van der Waals surface area contributed by atoms with Crippen molar-refractivity contribution in [2.24, 2.45) is 11.1 Å². The molecule has 0 aromatic carbocycles. The molecule has 0 spiro atoms. The second-order valence-corrected chi connectivity index (χ2v) is 3.47. The van der Waals surface area contributed by atoms with E-state index in [4.69, 9.17) is 15.2 Å². The highest BCUT2D eigenvalue weighted by Gasteiger charge is 2.44. The van der Waals surface area contributed by atoms with Crippen LogP contribution in [0.4, 0.5) is 0 Å². The fraction of sp³-hybridized carbons (Fsp3) is 0.889. The van der Waals surface area contributed by atoms with E-state index >= 15 is 0 Å². The average molecular weight is 187 g/mol. The van der Waals surface area contributed by atoms with Crippen molar-refractivity contribution in [2.45, 2.75) is 19.3 Å². The fourth-order valence-electron chi connectivity index (χ4n) is 1.47. The van der Waals surface area contributed by atoms with Gasteiger partial charge in [0.15, 0.2) is 0 Å². The predicted octanol–water partition coefficient (Wildman–Crippen LogP) is 0.305. The van der Waals surface area contributed by atoms with E-state index in [2.05, 4.69) is 0 Å². The normalized spacial score (nSPS) is 19.2. The lowest BCUT2D eigenvalue weighted by molar-refractivity contribution is -0.162. The number of hydrogen-bond donors (Lipinski definition) is 1. The summed E-state index contributed by atoms with van der Waals surface area (Å²) in [5.41, 5.74) is 5.17. The van der Waals surface area contributed by atoms with Crippen molar-refractivity contribution in [1.82, 2.24) is 0 Å². The van der Waals surface area contributed by atoms with Gasteiger partial charge in [-0.1, -0.05) is 6.42 Å². The van der Waals surface area contributed by atoms with Crippen LogP contribution in [0, 0.1) is 5.41 Å². The minimum Gasteiger partial charge on any atom is -0.463 e. The Hall–Kier alpha value is -0.610. The number of nitrogens with two attached hydrogens (primary N) is 1. The topological polar surface area (TPSA) is 61.5 Å². The van der Waals surface area contributed by atoms with Crippen LogP contribution < -0.4 is 5.73 Å². The third-order valence-electron chi connectivity index (χ3n) is 2.66. The molecule has 0 atom stereocenters. The Bertz CT molecular complexity index is 172.